The van der Waals surface area contributed by atoms with Gasteiger partial charge in [-0.1, -0.05) is 6.58 Å². The predicted octanol–water partition coefficient (Wildman–Crippen LogP) is 1.76. The summed E-state index contributed by atoms with van der Waals surface area (Å²) in [7, 11) is 0. The number of carbonyl (C=O) groups excluding carboxylic acids is 1. The Kier molecular flexibility index (Phi) is 2.17. The molecule has 4 heteroatoms. The van der Waals surface area contributed by atoms with E-state index < -0.39 is 17.8 Å². The van der Waals surface area contributed by atoms with Crippen molar-refractivity contribution >= 4 is 5.97 Å². The van der Waals surface area contributed by atoms with Gasteiger partial charge < -0.3 is 4.74 Å². The van der Waals surface area contributed by atoms with Gasteiger partial charge in [0.15, 0.2) is 0 Å². The average Bonchev–Trinajstić information content (AvgIpc) is 2.59. The van der Waals surface area contributed by atoms with E-state index in [2.05, 4.69) is 11.3 Å². The molecule has 0 unspecified atom stereocenters. The lowest BCUT2D eigenvalue weighted by Crippen LogP contribution is -2.10. The zero-order valence-corrected chi connectivity index (χ0v) is 6.77. The molecule has 0 bridgehead atoms. The fraction of sp³-hybridized carbons (Fsp3) is 0.625. The lowest BCUT2D eigenvalue weighted by molar-refractivity contribution is -0.139. The quantitative estimate of drug-likeness (QED) is 0.483. The van der Waals surface area contributed by atoms with Crippen molar-refractivity contribution in [2.75, 3.05) is 6.61 Å². The normalized spacial score (nSPS) is 24.8. The van der Waals surface area contributed by atoms with E-state index >= 15 is 0 Å². The maximum atomic E-state index is 12.4. The zero-order valence-electron chi connectivity index (χ0n) is 6.77. The van der Waals surface area contributed by atoms with Crippen LogP contribution in [0.4, 0.5) is 8.78 Å². The lowest BCUT2D eigenvalue weighted by atomic mass is 10.2. The molecule has 1 aliphatic rings. The molecule has 0 aromatic carbocycles. The highest BCUT2D eigenvalue weighted by atomic mass is 19.3. The fourth-order valence-corrected chi connectivity index (χ4v) is 0.957. The molecule has 0 spiro atoms. The highest BCUT2D eigenvalue weighted by molar-refractivity contribution is 5.89. The largest absolute Gasteiger partial charge is 0.463 e. The molecular weight excluding hydrogens is 166 g/mol. The number of ether oxygens (including phenoxy) is 1. The van der Waals surface area contributed by atoms with Crippen LogP contribution in [0.1, 0.15) is 13.3 Å². The third-order valence-electron chi connectivity index (χ3n) is 1.78. The maximum Gasteiger partial charge on any atom is 0.333 e. The topological polar surface area (TPSA) is 26.3 Å². The molecule has 1 saturated carbocycles. The van der Waals surface area contributed by atoms with Crippen LogP contribution < -0.4 is 0 Å². The first kappa shape index (κ1) is 9.16. The molecule has 0 aliphatic heterocycles. The lowest BCUT2D eigenvalue weighted by Gasteiger charge is -2.02. The third kappa shape index (κ3) is 1.62. The molecule has 2 nitrogen and oxygen atoms in total. The van der Waals surface area contributed by atoms with E-state index in [4.69, 9.17) is 0 Å². The van der Waals surface area contributed by atoms with E-state index in [9.17, 15) is 13.6 Å². The summed E-state index contributed by atoms with van der Waals surface area (Å²) in [6.45, 7) is 5.09. The van der Waals surface area contributed by atoms with Crippen LogP contribution in [-0.2, 0) is 9.53 Å². The average molecular weight is 176 g/mol. The Morgan fingerprint density at radius 2 is 2.25 bits per heavy atom. The molecule has 0 N–H and O–H groups in total. The number of esters is 1. The van der Waals surface area contributed by atoms with Crippen molar-refractivity contribution in [3.8, 4) is 0 Å². The van der Waals surface area contributed by atoms with Gasteiger partial charge in [0.25, 0.3) is 5.92 Å². The Hall–Kier alpha value is -0.930. The molecule has 68 valence electrons. The van der Waals surface area contributed by atoms with Gasteiger partial charge in [0, 0.05) is 12.0 Å². The van der Waals surface area contributed by atoms with Gasteiger partial charge in [0.1, 0.15) is 0 Å². The number of halogens is 2. The van der Waals surface area contributed by atoms with Gasteiger partial charge >= 0.3 is 5.97 Å². The van der Waals surface area contributed by atoms with E-state index in [1.165, 1.54) is 0 Å². The first-order valence-corrected chi connectivity index (χ1v) is 3.72. The second-order valence-corrected chi connectivity index (χ2v) is 2.76. The molecular formula is C8H10F2O2. The van der Waals surface area contributed by atoms with Crippen LogP contribution >= 0.6 is 0 Å². The van der Waals surface area contributed by atoms with Gasteiger partial charge in [-0.2, -0.15) is 0 Å². The number of hydrogen-bond acceptors (Lipinski definition) is 2. The summed E-state index contributed by atoms with van der Waals surface area (Å²) in [4.78, 5) is 10.9. The molecule has 1 atom stereocenters. The summed E-state index contributed by atoms with van der Waals surface area (Å²) in [6, 6.07) is 0. The first-order valence-electron chi connectivity index (χ1n) is 3.72. The Bertz CT molecular complexity index is 223. The number of carbonyl (C=O) groups is 1. The van der Waals surface area contributed by atoms with E-state index in [0.717, 1.165) is 0 Å². The van der Waals surface area contributed by atoms with E-state index in [0.29, 0.717) is 0 Å². The minimum atomic E-state index is -2.73. The Labute approximate surface area is 69.2 Å². The zero-order chi connectivity index (χ0) is 9.35. The molecule has 0 saturated heterocycles. The van der Waals surface area contributed by atoms with Crippen molar-refractivity contribution in [2.45, 2.75) is 19.3 Å². The maximum absolute atomic E-state index is 12.4. The van der Waals surface area contributed by atoms with Crippen molar-refractivity contribution < 1.29 is 18.3 Å². The van der Waals surface area contributed by atoms with E-state index in [-0.39, 0.29) is 18.6 Å². The van der Waals surface area contributed by atoms with Crippen LogP contribution in [0, 0.1) is 5.92 Å². The van der Waals surface area contributed by atoms with Crippen LogP contribution in [0.3, 0.4) is 0 Å². The van der Waals surface area contributed by atoms with Crippen molar-refractivity contribution in [1.29, 1.82) is 0 Å². The molecule has 1 aliphatic carbocycles. The molecule has 0 radical (unpaired) electrons. The van der Waals surface area contributed by atoms with Gasteiger partial charge in [0.2, 0.25) is 0 Å². The van der Waals surface area contributed by atoms with Crippen molar-refractivity contribution in [1.82, 2.24) is 0 Å². The van der Waals surface area contributed by atoms with E-state index in [1.54, 1.807) is 6.92 Å². The van der Waals surface area contributed by atoms with Crippen molar-refractivity contribution in [2.24, 2.45) is 5.92 Å². The second kappa shape index (κ2) is 2.84. The number of hydrogen-bond donors (Lipinski definition) is 0. The van der Waals surface area contributed by atoms with Crippen molar-refractivity contribution in [3.63, 3.8) is 0 Å². The molecule has 0 aromatic rings. The van der Waals surface area contributed by atoms with Crippen LogP contribution in [0.15, 0.2) is 12.2 Å². The second-order valence-electron chi connectivity index (χ2n) is 2.76. The summed E-state index contributed by atoms with van der Waals surface area (Å²) in [5, 5.41) is 0. The Balaban J connectivity index is 2.45. The molecule has 12 heavy (non-hydrogen) atoms. The number of alkyl halides is 2. The van der Waals surface area contributed by atoms with Crippen LogP contribution in [0.2, 0.25) is 0 Å². The molecule has 0 aromatic heterocycles. The highest BCUT2D eigenvalue weighted by Gasteiger charge is 2.59. The molecule has 1 fully saturated rings. The summed E-state index contributed by atoms with van der Waals surface area (Å²) in [5.74, 6) is -4.43. The highest BCUT2D eigenvalue weighted by Crippen LogP contribution is 2.52. The van der Waals surface area contributed by atoms with Gasteiger partial charge in [-0.05, 0) is 6.92 Å². The molecule has 0 amide bonds. The van der Waals surface area contributed by atoms with Gasteiger partial charge in [-0.15, -0.1) is 0 Å². The molecule has 0 heterocycles. The van der Waals surface area contributed by atoms with Crippen LogP contribution in [0.5, 0.6) is 0 Å². The minimum Gasteiger partial charge on any atom is -0.463 e. The minimum absolute atomic E-state index is 0.109. The number of rotatable bonds is 3. The summed E-state index contributed by atoms with van der Waals surface area (Å²) >= 11 is 0. The SMILES string of the molecule is C=C(C(=O)OCC)[C@H]1CC1(F)F. The van der Waals surface area contributed by atoms with E-state index in [1.807, 2.05) is 0 Å². The Morgan fingerprint density at radius 3 is 2.58 bits per heavy atom. The summed E-state index contributed by atoms with van der Waals surface area (Å²) in [6.07, 6.45) is -0.273. The summed E-state index contributed by atoms with van der Waals surface area (Å²) in [5.41, 5.74) is -0.109. The Morgan fingerprint density at radius 1 is 1.75 bits per heavy atom. The standard InChI is InChI=1S/C8H10F2O2/c1-3-12-7(11)5(2)6-4-8(6,9)10/h6H,2-4H2,1H3/t6-/m1/s1. The van der Waals surface area contributed by atoms with Crippen molar-refractivity contribution in [3.05, 3.63) is 12.2 Å². The first-order chi connectivity index (χ1) is 5.49. The van der Waals surface area contributed by atoms with Crippen LogP contribution in [0.25, 0.3) is 0 Å². The van der Waals surface area contributed by atoms with Crippen LogP contribution in [-0.4, -0.2) is 18.5 Å². The van der Waals surface area contributed by atoms with Gasteiger partial charge in [-0.25, -0.2) is 13.6 Å². The fourth-order valence-electron chi connectivity index (χ4n) is 0.957. The monoisotopic (exact) mass is 176 g/mol. The predicted molar refractivity (Wildman–Crippen MR) is 38.8 cm³/mol. The van der Waals surface area contributed by atoms with Gasteiger partial charge in [0.05, 0.1) is 12.5 Å². The summed E-state index contributed by atoms with van der Waals surface area (Å²) < 4.78 is 29.3. The third-order valence-corrected chi connectivity index (χ3v) is 1.78. The smallest absolute Gasteiger partial charge is 0.333 e. The van der Waals surface area contributed by atoms with Gasteiger partial charge in [-0.3, -0.25) is 0 Å². The molecule has 1 rings (SSSR count).